The second-order valence-corrected chi connectivity index (χ2v) is 5.64. The lowest BCUT2D eigenvalue weighted by Gasteiger charge is -2.16. The van der Waals surface area contributed by atoms with Gasteiger partial charge >= 0.3 is 0 Å². The molecule has 0 aliphatic rings. The number of aromatic nitrogens is 2. The van der Waals surface area contributed by atoms with Gasteiger partial charge in [-0.05, 0) is 43.7 Å². The fourth-order valence-electron chi connectivity index (χ4n) is 3.02. The molecule has 1 atom stereocenters. The molecule has 0 amide bonds. The van der Waals surface area contributed by atoms with Crippen LogP contribution in [-0.2, 0) is 7.05 Å². The van der Waals surface area contributed by atoms with Crippen LogP contribution in [0.3, 0.4) is 0 Å². The molecule has 0 saturated carbocycles. The normalized spacial score (nSPS) is 12.6. The number of aryl methyl sites for hydroxylation is 2. The molecule has 1 heterocycles. The molecule has 3 rings (SSSR count). The van der Waals surface area contributed by atoms with E-state index in [1.54, 1.807) is 0 Å². The zero-order valence-corrected chi connectivity index (χ0v) is 13.0. The first kappa shape index (κ1) is 13.7. The number of rotatable bonds is 3. The first-order valence-corrected chi connectivity index (χ1v) is 7.31. The molecular formula is C18H21N3. The van der Waals surface area contributed by atoms with Crippen LogP contribution in [0.1, 0.15) is 29.9 Å². The standard InChI is InChI=1S/C18H21N3/c1-12(18-13(2)20-21(4)14(18)3)19-17-10-9-15-7-5-6-8-16(15)11-17/h5-12,19H,1-4H3. The third kappa shape index (κ3) is 2.51. The lowest BCUT2D eigenvalue weighted by molar-refractivity contribution is 0.728. The van der Waals surface area contributed by atoms with E-state index in [0.29, 0.717) is 0 Å². The first-order valence-electron chi connectivity index (χ1n) is 7.31. The van der Waals surface area contributed by atoms with Crippen LogP contribution in [0.15, 0.2) is 42.5 Å². The number of nitrogens with one attached hydrogen (secondary N) is 1. The summed E-state index contributed by atoms with van der Waals surface area (Å²) < 4.78 is 1.95. The van der Waals surface area contributed by atoms with E-state index in [9.17, 15) is 0 Å². The zero-order valence-electron chi connectivity index (χ0n) is 13.0. The Balaban J connectivity index is 1.90. The molecule has 0 spiro atoms. The van der Waals surface area contributed by atoms with Crippen LogP contribution in [-0.4, -0.2) is 9.78 Å². The van der Waals surface area contributed by atoms with Gasteiger partial charge in [0.15, 0.2) is 0 Å². The Morgan fingerprint density at radius 2 is 1.76 bits per heavy atom. The Labute approximate surface area is 125 Å². The lowest BCUT2D eigenvalue weighted by Crippen LogP contribution is -2.08. The predicted octanol–water partition coefficient (Wildman–Crippen LogP) is 4.36. The fourth-order valence-corrected chi connectivity index (χ4v) is 3.02. The quantitative estimate of drug-likeness (QED) is 0.772. The van der Waals surface area contributed by atoms with Gasteiger partial charge in [0.05, 0.1) is 11.7 Å². The number of anilines is 1. The van der Waals surface area contributed by atoms with Gasteiger partial charge in [-0.3, -0.25) is 4.68 Å². The third-order valence-electron chi connectivity index (χ3n) is 4.13. The van der Waals surface area contributed by atoms with Crippen molar-refractivity contribution in [2.45, 2.75) is 26.8 Å². The van der Waals surface area contributed by atoms with Crippen LogP contribution in [0.5, 0.6) is 0 Å². The smallest absolute Gasteiger partial charge is 0.0649 e. The van der Waals surface area contributed by atoms with Gasteiger partial charge < -0.3 is 5.32 Å². The van der Waals surface area contributed by atoms with E-state index >= 15 is 0 Å². The molecule has 1 unspecified atom stereocenters. The Kier molecular flexibility index (Phi) is 3.42. The van der Waals surface area contributed by atoms with Crippen LogP contribution in [0.2, 0.25) is 0 Å². The molecule has 3 aromatic rings. The van der Waals surface area contributed by atoms with Crippen LogP contribution in [0.25, 0.3) is 10.8 Å². The summed E-state index contributed by atoms with van der Waals surface area (Å²) in [4.78, 5) is 0. The summed E-state index contributed by atoms with van der Waals surface area (Å²) in [5.41, 5.74) is 4.73. The van der Waals surface area contributed by atoms with Gasteiger partial charge in [-0.15, -0.1) is 0 Å². The Morgan fingerprint density at radius 1 is 1.05 bits per heavy atom. The monoisotopic (exact) mass is 279 g/mol. The van der Waals surface area contributed by atoms with Crippen LogP contribution in [0.4, 0.5) is 5.69 Å². The number of hydrogen-bond donors (Lipinski definition) is 1. The number of fused-ring (bicyclic) bond motifs is 1. The van der Waals surface area contributed by atoms with Gasteiger partial charge in [-0.25, -0.2) is 0 Å². The molecule has 3 nitrogen and oxygen atoms in total. The highest BCUT2D eigenvalue weighted by Crippen LogP contribution is 2.26. The molecule has 1 N–H and O–H groups in total. The molecule has 0 saturated heterocycles. The third-order valence-corrected chi connectivity index (χ3v) is 4.13. The van der Waals surface area contributed by atoms with Crippen molar-refractivity contribution < 1.29 is 0 Å². The zero-order chi connectivity index (χ0) is 15.0. The molecule has 108 valence electrons. The van der Waals surface area contributed by atoms with Crippen molar-refractivity contribution in [3.05, 3.63) is 59.4 Å². The SMILES string of the molecule is Cc1nn(C)c(C)c1C(C)Nc1ccc2ccccc2c1. The van der Waals surface area contributed by atoms with Crippen molar-refractivity contribution in [2.75, 3.05) is 5.32 Å². The minimum Gasteiger partial charge on any atom is -0.378 e. The first-order chi connectivity index (χ1) is 10.1. The van der Waals surface area contributed by atoms with E-state index in [1.165, 1.54) is 22.0 Å². The summed E-state index contributed by atoms with van der Waals surface area (Å²) in [5, 5.41) is 10.6. The van der Waals surface area contributed by atoms with Gasteiger partial charge in [-0.2, -0.15) is 5.10 Å². The van der Waals surface area contributed by atoms with E-state index in [2.05, 4.69) is 73.7 Å². The van der Waals surface area contributed by atoms with Crippen LogP contribution >= 0.6 is 0 Å². The van der Waals surface area contributed by atoms with E-state index in [1.807, 2.05) is 11.7 Å². The highest BCUT2D eigenvalue weighted by molar-refractivity contribution is 5.85. The molecule has 0 fully saturated rings. The van der Waals surface area contributed by atoms with Gasteiger partial charge in [0.2, 0.25) is 0 Å². The Bertz CT molecular complexity index is 786. The van der Waals surface area contributed by atoms with Gasteiger partial charge in [0, 0.05) is 24.0 Å². The largest absolute Gasteiger partial charge is 0.378 e. The molecule has 0 radical (unpaired) electrons. The second kappa shape index (κ2) is 5.24. The molecule has 2 aromatic carbocycles. The van der Waals surface area contributed by atoms with Gasteiger partial charge in [0.1, 0.15) is 0 Å². The maximum atomic E-state index is 4.50. The summed E-state index contributed by atoms with van der Waals surface area (Å²) >= 11 is 0. The van der Waals surface area contributed by atoms with E-state index < -0.39 is 0 Å². The summed E-state index contributed by atoms with van der Waals surface area (Å²) in [6.45, 7) is 6.38. The van der Waals surface area contributed by atoms with E-state index in [-0.39, 0.29) is 6.04 Å². The lowest BCUT2D eigenvalue weighted by atomic mass is 10.1. The average Bonchev–Trinajstić information content (AvgIpc) is 2.72. The van der Waals surface area contributed by atoms with Crippen molar-refractivity contribution in [2.24, 2.45) is 7.05 Å². The molecule has 3 heteroatoms. The summed E-state index contributed by atoms with van der Waals surface area (Å²) in [7, 11) is 1.99. The molecule has 0 aliphatic carbocycles. The van der Waals surface area contributed by atoms with Gasteiger partial charge in [0.25, 0.3) is 0 Å². The molecular weight excluding hydrogens is 258 g/mol. The number of nitrogens with zero attached hydrogens (tertiary/aromatic N) is 2. The Morgan fingerprint density at radius 3 is 2.43 bits per heavy atom. The minimum absolute atomic E-state index is 0.236. The average molecular weight is 279 g/mol. The predicted molar refractivity (Wildman–Crippen MR) is 88.7 cm³/mol. The minimum atomic E-state index is 0.236. The maximum Gasteiger partial charge on any atom is 0.0649 e. The highest BCUT2D eigenvalue weighted by atomic mass is 15.3. The maximum absolute atomic E-state index is 4.50. The topological polar surface area (TPSA) is 29.9 Å². The molecule has 1 aromatic heterocycles. The fraction of sp³-hybridized carbons (Fsp3) is 0.278. The van der Waals surface area contributed by atoms with Crippen molar-refractivity contribution in [1.82, 2.24) is 9.78 Å². The van der Waals surface area contributed by atoms with Crippen LogP contribution < -0.4 is 5.32 Å². The second-order valence-electron chi connectivity index (χ2n) is 5.64. The van der Waals surface area contributed by atoms with Crippen molar-refractivity contribution in [3.8, 4) is 0 Å². The number of benzene rings is 2. The molecule has 0 bridgehead atoms. The Hall–Kier alpha value is -2.29. The summed E-state index contributed by atoms with van der Waals surface area (Å²) in [6, 6.07) is 15.2. The number of hydrogen-bond acceptors (Lipinski definition) is 2. The summed E-state index contributed by atoms with van der Waals surface area (Å²) in [5.74, 6) is 0. The van der Waals surface area contributed by atoms with Gasteiger partial charge in [-0.1, -0.05) is 30.3 Å². The van der Waals surface area contributed by atoms with Crippen molar-refractivity contribution in [3.63, 3.8) is 0 Å². The summed E-state index contributed by atoms with van der Waals surface area (Å²) in [6.07, 6.45) is 0. The molecule has 0 aliphatic heterocycles. The van der Waals surface area contributed by atoms with Crippen LogP contribution in [0, 0.1) is 13.8 Å². The van der Waals surface area contributed by atoms with E-state index in [0.717, 1.165) is 11.4 Å². The molecule has 21 heavy (non-hydrogen) atoms. The van der Waals surface area contributed by atoms with E-state index in [4.69, 9.17) is 0 Å². The highest BCUT2D eigenvalue weighted by Gasteiger charge is 2.16. The van der Waals surface area contributed by atoms with Crippen molar-refractivity contribution in [1.29, 1.82) is 0 Å². The van der Waals surface area contributed by atoms with Crippen molar-refractivity contribution >= 4 is 16.5 Å².